The van der Waals surface area contributed by atoms with Gasteiger partial charge < -0.3 is 14.6 Å². The molecule has 1 aliphatic heterocycles. The molecule has 2 aliphatic rings. The summed E-state index contributed by atoms with van der Waals surface area (Å²) >= 11 is 0. The van der Waals surface area contributed by atoms with E-state index in [4.69, 9.17) is 14.6 Å². The molecule has 0 bridgehead atoms. The Morgan fingerprint density at radius 2 is 1.95 bits per heavy atom. The van der Waals surface area contributed by atoms with Crippen LogP contribution in [0.15, 0.2) is 59.1 Å². The average Bonchev–Trinajstić information content (AvgIpc) is 3.12. The third-order valence-corrected chi connectivity index (χ3v) is 7.09. The lowest BCUT2D eigenvalue weighted by Gasteiger charge is -2.27. The van der Waals surface area contributed by atoms with E-state index in [2.05, 4.69) is 11.0 Å². The van der Waals surface area contributed by atoms with Gasteiger partial charge in [0.05, 0.1) is 32.2 Å². The maximum absolute atomic E-state index is 13.4. The molecule has 1 fully saturated rings. The fourth-order valence-corrected chi connectivity index (χ4v) is 5.15. The molecule has 1 saturated heterocycles. The second kappa shape index (κ2) is 14.0. The molecule has 0 spiro atoms. The highest BCUT2D eigenvalue weighted by atomic mass is 19.1. The van der Waals surface area contributed by atoms with Gasteiger partial charge in [-0.15, -0.1) is 0 Å². The van der Waals surface area contributed by atoms with Crippen molar-refractivity contribution in [2.45, 2.75) is 52.4 Å². The summed E-state index contributed by atoms with van der Waals surface area (Å²) in [5.41, 5.74) is 4.24. The number of hydrogen-bond donors (Lipinski definition) is 1. The molecule has 0 saturated carbocycles. The summed E-state index contributed by atoms with van der Waals surface area (Å²) in [7, 11) is 1.37. The number of amides is 1. The highest BCUT2D eigenvalue weighted by Crippen LogP contribution is 2.31. The molecule has 1 heterocycles. The number of rotatable bonds is 10. The first-order valence-corrected chi connectivity index (χ1v) is 13.1. The van der Waals surface area contributed by atoms with E-state index in [9.17, 15) is 14.0 Å². The van der Waals surface area contributed by atoms with Gasteiger partial charge in [0.2, 0.25) is 0 Å². The van der Waals surface area contributed by atoms with E-state index >= 15 is 0 Å². The second-order valence-corrected chi connectivity index (χ2v) is 9.73. The molecule has 7 nitrogen and oxygen atoms in total. The number of halogens is 1. The van der Waals surface area contributed by atoms with Crippen LogP contribution in [0, 0.1) is 5.92 Å². The first-order valence-electron chi connectivity index (χ1n) is 13.1. The van der Waals surface area contributed by atoms with Crippen molar-refractivity contribution in [1.82, 2.24) is 4.90 Å². The summed E-state index contributed by atoms with van der Waals surface area (Å²) in [5.74, 6) is 0.366. The van der Waals surface area contributed by atoms with Gasteiger partial charge in [-0.05, 0) is 99.0 Å². The number of aliphatic carboxylic acids is 1. The molecule has 37 heavy (non-hydrogen) atoms. The SMILES string of the molecule is CCOC1=CC(CN2CCCC(CN(C(=O)OC)c3ccc(CC(=O)O)cc3)CC2)=C(/C(C)=C\F)CC1. The number of carboxylic acids is 1. The van der Waals surface area contributed by atoms with Crippen LogP contribution in [0.25, 0.3) is 0 Å². The van der Waals surface area contributed by atoms with Gasteiger partial charge in [0.1, 0.15) is 0 Å². The fourth-order valence-electron chi connectivity index (χ4n) is 5.15. The Morgan fingerprint density at radius 1 is 1.19 bits per heavy atom. The number of likely N-dealkylation sites (tertiary alicyclic amines) is 1. The third-order valence-electron chi connectivity index (χ3n) is 7.09. The summed E-state index contributed by atoms with van der Waals surface area (Å²) in [5, 5.41) is 9.01. The number of methoxy groups -OCH3 is 1. The number of hydrogen-bond acceptors (Lipinski definition) is 5. The van der Waals surface area contributed by atoms with Gasteiger partial charge in [0.25, 0.3) is 0 Å². The van der Waals surface area contributed by atoms with Gasteiger partial charge in [-0.1, -0.05) is 12.1 Å². The normalized spacial score (nSPS) is 19.2. The van der Waals surface area contributed by atoms with E-state index < -0.39 is 12.1 Å². The van der Waals surface area contributed by atoms with Crippen molar-refractivity contribution in [3.05, 3.63) is 64.7 Å². The van der Waals surface area contributed by atoms with Gasteiger partial charge in [0, 0.05) is 25.2 Å². The van der Waals surface area contributed by atoms with Crippen molar-refractivity contribution in [3.8, 4) is 0 Å². The van der Waals surface area contributed by atoms with Crippen molar-refractivity contribution < 1.29 is 28.6 Å². The van der Waals surface area contributed by atoms with E-state index in [1.807, 2.05) is 13.8 Å². The number of ether oxygens (including phenoxy) is 2. The number of carbonyl (C=O) groups is 2. The van der Waals surface area contributed by atoms with Crippen LogP contribution in [0.5, 0.6) is 0 Å². The Labute approximate surface area is 219 Å². The molecule has 1 atom stereocenters. The topological polar surface area (TPSA) is 79.3 Å². The van der Waals surface area contributed by atoms with Crippen molar-refractivity contribution in [2.75, 3.05) is 44.8 Å². The van der Waals surface area contributed by atoms with Crippen LogP contribution in [0.3, 0.4) is 0 Å². The Morgan fingerprint density at radius 3 is 2.59 bits per heavy atom. The molecule has 1 unspecified atom stereocenters. The van der Waals surface area contributed by atoms with Crippen molar-refractivity contribution in [2.24, 2.45) is 5.92 Å². The summed E-state index contributed by atoms with van der Waals surface area (Å²) in [6.07, 6.45) is 6.78. The van der Waals surface area contributed by atoms with Crippen LogP contribution in [0.4, 0.5) is 14.9 Å². The Balaban J connectivity index is 1.68. The summed E-state index contributed by atoms with van der Waals surface area (Å²) in [6.45, 7) is 7.51. The van der Waals surface area contributed by atoms with E-state index in [1.165, 1.54) is 7.11 Å². The highest BCUT2D eigenvalue weighted by molar-refractivity contribution is 5.87. The first-order chi connectivity index (χ1) is 17.8. The second-order valence-electron chi connectivity index (χ2n) is 9.73. The zero-order chi connectivity index (χ0) is 26.8. The van der Waals surface area contributed by atoms with E-state index in [1.54, 1.807) is 29.2 Å². The Bertz CT molecular complexity index is 1030. The van der Waals surface area contributed by atoms with Gasteiger partial charge in [0.15, 0.2) is 0 Å². The molecule has 1 amide bonds. The quantitative estimate of drug-likeness (QED) is 0.421. The lowest BCUT2D eigenvalue weighted by atomic mass is 9.91. The van der Waals surface area contributed by atoms with Crippen molar-refractivity contribution in [3.63, 3.8) is 0 Å². The largest absolute Gasteiger partial charge is 0.498 e. The van der Waals surface area contributed by atoms with Gasteiger partial charge in [-0.2, -0.15) is 0 Å². The average molecular weight is 515 g/mol. The van der Waals surface area contributed by atoms with Crippen LogP contribution in [0.1, 0.15) is 51.5 Å². The van der Waals surface area contributed by atoms with Crippen LogP contribution in [-0.4, -0.2) is 62.0 Å². The predicted octanol–water partition coefficient (Wildman–Crippen LogP) is 5.87. The number of carbonyl (C=O) groups excluding carboxylic acids is 1. The minimum atomic E-state index is -0.892. The van der Waals surface area contributed by atoms with Gasteiger partial charge in [-0.3, -0.25) is 14.6 Å². The van der Waals surface area contributed by atoms with E-state index in [0.29, 0.717) is 42.2 Å². The molecule has 1 N–H and O–H groups in total. The minimum Gasteiger partial charge on any atom is -0.498 e. The first kappa shape index (κ1) is 28.4. The Hall–Kier alpha value is -3.13. The van der Waals surface area contributed by atoms with Gasteiger partial charge in [-0.25, -0.2) is 9.18 Å². The summed E-state index contributed by atoms with van der Waals surface area (Å²) in [4.78, 5) is 27.6. The molecular formula is C29H39FN2O5. The molecule has 1 aromatic rings. The number of anilines is 1. The molecule has 202 valence electrons. The number of carboxylic acid groups (broad SMARTS) is 1. The Kier molecular flexibility index (Phi) is 10.7. The monoisotopic (exact) mass is 514 g/mol. The zero-order valence-electron chi connectivity index (χ0n) is 22.2. The molecule has 1 aromatic carbocycles. The summed E-state index contributed by atoms with van der Waals surface area (Å²) in [6, 6.07) is 7.03. The molecule has 0 radical (unpaired) electrons. The van der Waals surface area contributed by atoms with E-state index in [-0.39, 0.29) is 6.42 Å². The fraction of sp³-hybridized carbons (Fsp3) is 0.517. The van der Waals surface area contributed by atoms with Crippen LogP contribution < -0.4 is 4.90 Å². The number of allylic oxidation sites excluding steroid dienone is 3. The zero-order valence-corrected chi connectivity index (χ0v) is 22.2. The number of benzene rings is 1. The van der Waals surface area contributed by atoms with Gasteiger partial charge >= 0.3 is 12.1 Å². The van der Waals surface area contributed by atoms with E-state index in [0.717, 1.165) is 68.6 Å². The molecule has 0 aromatic heterocycles. The number of nitrogens with zero attached hydrogens (tertiary/aromatic N) is 2. The van der Waals surface area contributed by atoms with Crippen molar-refractivity contribution in [1.29, 1.82) is 0 Å². The summed E-state index contributed by atoms with van der Waals surface area (Å²) < 4.78 is 24.2. The maximum atomic E-state index is 13.4. The van der Waals surface area contributed by atoms with Crippen LogP contribution >= 0.6 is 0 Å². The van der Waals surface area contributed by atoms with Crippen LogP contribution in [-0.2, 0) is 20.7 Å². The molecule has 8 heteroatoms. The third kappa shape index (κ3) is 8.18. The predicted molar refractivity (Wildman–Crippen MR) is 142 cm³/mol. The van der Waals surface area contributed by atoms with Crippen LogP contribution in [0.2, 0.25) is 0 Å². The lowest BCUT2D eigenvalue weighted by molar-refractivity contribution is -0.136. The highest BCUT2D eigenvalue weighted by Gasteiger charge is 2.25. The minimum absolute atomic E-state index is 0.0585. The molecule has 1 aliphatic carbocycles. The lowest BCUT2D eigenvalue weighted by Crippen LogP contribution is -2.36. The molecule has 3 rings (SSSR count). The standard InChI is InChI=1S/C29H39FN2O5/c1-4-37-26-11-12-27(21(2)18-30)24(17-26)20-31-14-5-6-23(13-15-31)19-32(29(35)36-3)25-9-7-22(8-10-25)16-28(33)34/h7-10,17-18,23H,4-6,11-16,19-20H2,1-3H3,(H,33,34)/b21-18-. The molecular weight excluding hydrogens is 475 g/mol. The maximum Gasteiger partial charge on any atom is 0.414 e. The van der Waals surface area contributed by atoms with Crippen molar-refractivity contribution >= 4 is 17.7 Å². The smallest absolute Gasteiger partial charge is 0.414 e.